The van der Waals surface area contributed by atoms with E-state index in [2.05, 4.69) is 41.5 Å². The van der Waals surface area contributed by atoms with E-state index in [1.165, 1.54) is 5.56 Å². The Morgan fingerprint density at radius 1 is 1.09 bits per heavy atom. The largest absolute Gasteiger partial charge is 0.393 e. The second-order valence-corrected chi connectivity index (χ2v) is 5.89. The number of nitrogens with one attached hydrogen (secondary N) is 1. The fraction of sp³-hybridized carbons (Fsp3) is 0.421. The highest BCUT2D eigenvalue weighted by molar-refractivity contribution is 5.34. The van der Waals surface area contributed by atoms with Crippen LogP contribution in [0.25, 0.3) is 0 Å². The van der Waals surface area contributed by atoms with E-state index in [1.54, 1.807) is 6.20 Å². The van der Waals surface area contributed by atoms with Gasteiger partial charge in [-0.2, -0.15) is 0 Å². The molecule has 0 bridgehead atoms. The van der Waals surface area contributed by atoms with Gasteiger partial charge in [-0.05, 0) is 36.5 Å². The van der Waals surface area contributed by atoms with Crippen LogP contribution in [0, 0.1) is 5.92 Å². The minimum atomic E-state index is -0.235. The van der Waals surface area contributed by atoms with Crippen LogP contribution in [-0.4, -0.2) is 22.7 Å². The highest BCUT2D eigenvalue weighted by Crippen LogP contribution is 2.26. The summed E-state index contributed by atoms with van der Waals surface area (Å²) < 4.78 is 0. The Bertz CT molecular complexity index is 530. The van der Waals surface area contributed by atoms with Crippen LogP contribution in [0.15, 0.2) is 54.7 Å². The predicted molar refractivity (Wildman–Crippen MR) is 92.0 cm³/mol. The Hall–Kier alpha value is -1.87. The molecule has 0 fully saturated rings. The fourth-order valence-electron chi connectivity index (χ4n) is 2.77. The molecule has 2 N–H and O–H groups in total. The van der Waals surface area contributed by atoms with Crippen molar-refractivity contribution in [2.24, 2.45) is 5.92 Å². The number of benzene rings is 1. The minimum absolute atomic E-state index is 0.235. The third-order valence-corrected chi connectivity index (χ3v) is 4.20. The number of rotatable bonds is 8. The van der Waals surface area contributed by atoms with E-state index in [0.29, 0.717) is 5.92 Å². The standard InChI is InChI=1S/C19H26N2O/c1-3-18(22)15(2)13-17(16-9-5-4-6-10-16)14-21-19-11-7-8-12-20-19/h4-12,15,17-18,22H,3,13-14H2,1-2H3,(H,20,21). The number of aliphatic hydroxyl groups excluding tert-OH is 1. The second-order valence-electron chi connectivity index (χ2n) is 5.89. The molecule has 118 valence electrons. The molecule has 0 amide bonds. The van der Waals surface area contributed by atoms with Gasteiger partial charge in [0.15, 0.2) is 0 Å². The van der Waals surface area contributed by atoms with Gasteiger partial charge in [-0.3, -0.25) is 0 Å². The van der Waals surface area contributed by atoms with Gasteiger partial charge < -0.3 is 10.4 Å². The lowest BCUT2D eigenvalue weighted by atomic mass is 9.86. The quantitative estimate of drug-likeness (QED) is 0.772. The summed E-state index contributed by atoms with van der Waals surface area (Å²) in [4.78, 5) is 4.31. The Morgan fingerprint density at radius 3 is 2.45 bits per heavy atom. The summed E-state index contributed by atoms with van der Waals surface area (Å²) in [5.41, 5.74) is 1.31. The highest BCUT2D eigenvalue weighted by Gasteiger charge is 2.19. The van der Waals surface area contributed by atoms with Crippen molar-refractivity contribution in [1.29, 1.82) is 0 Å². The smallest absolute Gasteiger partial charge is 0.125 e. The predicted octanol–water partition coefficient (Wildman–Crippen LogP) is 4.07. The van der Waals surface area contributed by atoms with Crippen molar-refractivity contribution >= 4 is 5.82 Å². The topological polar surface area (TPSA) is 45.1 Å². The first-order valence-corrected chi connectivity index (χ1v) is 8.08. The van der Waals surface area contributed by atoms with Gasteiger partial charge in [-0.25, -0.2) is 4.98 Å². The van der Waals surface area contributed by atoms with Gasteiger partial charge in [0, 0.05) is 18.7 Å². The van der Waals surface area contributed by atoms with Crippen molar-refractivity contribution in [3.8, 4) is 0 Å². The second kappa shape index (κ2) is 8.54. The van der Waals surface area contributed by atoms with Crippen LogP contribution in [0.1, 0.15) is 38.2 Å². The molecule has 22 heavy (non-hydrogen) atoms. The summed E-state index contributed by atoms with van der Waals surface area (Å²) in [5, 5.41) is 13.5. The molecule has 3 nitrogen and oxygen atoms in total. The number of anilines is 1. The maximum Gasteiger partial charge on any atom is 0.125 e. The van der Waals surface area contributed by atoms with E-state index < -0.39 is 0 Å². The summed E-state index contributed by atoms with van der Waals surface area (Å²) in [7, 11) is 0. The van der Waals surface area contributed by atoms with E-state index in [0.717, 1.165) is 25.2 Å². The Morgan fingerprint density at radius 2 is 1.82 bits per heavy atom. The normalized spacial score (nSPS) is 15.0. The SMILES string of the molecule is CCC(O)C(C)CC(CNc1ccccn1)c1ccccc1. The van der Waals surface area contributed by atoms with Gasteiger partial charge in [0.05, 0.1) is 6.10 Å². The summed E-state index contributed by atoms with van der Waals surface area (Å²) in [6.07, 6.45) is 3.32. The number of pyridine rings is 1. The van der Waals surface area contributed by atoms with Gasteiger partial charge in [-0.1, -0.05) is 50.2 Å². The van der Waals surface area contributed by atoms with Crippen LogP contribution in [0.5, 0.6) is 0 Å². The molecule has 0 saturated carbocycles. The van der Waals surface area contributed by atoms with Gasteiger partial charge in [0.25, 0.3) is 0 Å². The Kier molecular flexibility index (Phi) is 6.41. The lowest BCUT2D eigenvalue weighted by molar-refractivity contribution is 0.104. The minimum Gasteiger partial charge on any atom is -0.393 e. The first-order chi connectivity index (χ1) is 10.7. The molecular formula is C19H26N2O. The maximum absolute atomic E-state index is 10.1. The summed E-state index contributed by atoms with van der Waals surface area (Å²) in [5.74, 6) is 1.53. The van der Waals surface area contributed by atoms with Crippen molar-refractivity contribution in [3.05, 3.63) is 60.3 Å². The zero-order chi connectivity index (χ0) is 15.8. The Labute approximate surface area is 133 Å². The molecule has 3 unspecified atom stereocenters. The third kappa shape index (κ3) is 4.85. The number of aliphatic hydroxyl groups is 1. The number of hydrogen-bond acceptors (Lipinski definition) is 3. The molecule has 2 aromatic rings. The van der Waals surface area contributed by atoms with Crippen LogP contribution in [-0.2, 0) is 0 Å². The molecule has 0 saturated heterocycles. The molecule has 1 aromatic carbocycles. The summed E-state index contributed by atoms with van der Waals surface area (Å²) in [6, 6.07) is 16.4. The van der Waals surface area contributed by atoms with Gasteiger partial charge >= 0.3 is 0 Å². The van der Waals surface area contributed by atoms with Crippen LogP contribution in [0.2, 0.25) is 0 Å². The van der Waals surface area contributed by atoms with Crippen molar-refractivity contribution in [2.75, 3.05) is 11.9 Å². The Balaban J connectivity index is 2.05. The lowest BCUT2D eigenvalue weighted by Crippen LogP contribution is -2.22. The molecule has 0 spiro atoms. The molecule has 0 radical (unpaired) electrons. The first-order valence-electron chi connectivity index (χ1n) is 8.08. The zero-order valence-electron chi connectivity index (χ0n) is 13.4. The van der Waals surface area contributed by atoms with Crippen molar-refractivity contribution in [2.45, 2.75) is 38.7 Å². The summed E-state index contributed by atoms with van der Waals surface area (Å²) >= 11 is 0. The van der Waals surface area contributed by atoms with E-state index in [-0.39, 0.29) is 12.0 Å². The average Bonchev–Trinajstić information content (AvgIpc) is 2.59. The van der Waals surface area contributed by atoms with Crippen molar-refractivity contribution in [3.63, 3.8) is 0 Å². The van der Waals surface area contributed by atoms with Gasteiger partial charge in [0.1, 0.15) is 5.82 Å². The number of hydrogen-bond donors (Lipinski definition) is 2. The molecule has 1 heterocycles. The molecule has 3 heteroatoms. The molecule has 3 atom stereocenters. The molecule has 0 aliphatic carbocycles. The fourth-order valence-corrected chi connectivity index (χ4v) is 2.77. The van der Waals surface area contributed by atoms with E-state index in [9.17, 15) is 5.11 Å². The summed E-state index contributed by atoms with van der Waals surface area (Å²) in [6.45, 7) is 4.98. The molecule has 1 aromatic heterocycles. The van der Waals surface area contributed by atoms with E-state index >= 15 is 0 Å². The molecule has 0 aliphatic rings. The molecule has 0 aliphatic heterocycles. The monoisotopic (exact) mass is 298 g/mol. The zero-order valence-corrected chi connectivity index (χ0v) is 13.4. The molecular weight excluding hydrogens is 272 g/mol. The lowest BCUT2D eigenvalue weighted by Gasteiger charge is -2.25. The van der Waals surface area contributed by atoms with E-state index in [1.807, 2.05) is 31.2 Å². The average molecular weight is 298 g/mol. The van der Waals surface area contributed by atoms with Crippen molar-refractivity contribution in [1.82, 2.24) is 4.98 Å². The first kappa shape index (κ1) is 16.5. The van der Waals surface area contributed by atoms with Gasteiger partial charge in [0.2, 0.25) is 0 Å². The number of nitrogens with zero attached hydrogens (tertiary/aromatic N) is 1. The third-order valence-electron chi connectivity index (χ3n) is 4.20. The van der Waals surface area contributed by atoms with Crippen LogP contribution < -0.4 is 5.32 Å². The van der Waals surface area contributed by atoms with Crippen LogP contribution in [0.3, 0.4) is 0 Å². The number of aromatic nitrogens is 1. The van der Waals surface area contributed by atoms with Crippen molar-refractivity contribution < 1.29 is 5.11 Å². The molecule has 2 rings (SSSR count). The van der Waals surface area contributed by atoms with Crippen LogP contribution in [0.4, 0.5) is 5.82 Å². The maximum atomic E-state index is 10.1. The van der Waals surface area contributed by atoms with Gasteiger partial charge in [-0.15, -0.1) is 0 Å². The van der Waals surface area contributed by atoms with Crippen LogP contribution >= 0.6 is 0 Å². The highest BCUT2D eigenvalue weighted by atomic mass is 16.3. The van der Waals surface area contributed by atoms with E-state index in [4.69, 9.17) is 0 Å².